The monoisotopic (exact) mass is 280 g/mol. The molecule has 2 nitrogen and oxygen atoms in total. The second kappa shape index (κ2) is 5.42. The van der Waals surface area contributed by atoms with Crippen molar-refractivity contribution in [1.29, 1.82) is 0 Å². The van der Waals surface area contributed by atoms with Crippen molar-refractivity contribution in [2.45, 2.75) is 52.3 Å². The van der Waals surface area contributed by atoms with E-state index in [-0.39, 0.29) is 11.3 Å². The normalized spacial score (nSPS) is 20.4. The smallest absolute Gasteiger partial charge is 0.0875 e. The lowest BCUT2D eigenvalue weighted by molar-refractivity contribution is 0.421. The van der Waals surface area contributed by atoms with Crippen molar-refractivity contribution in [2.24, 2.45) is 0 Å². The molecule has 1 aliphatic heterocycles. The second-order valence-electron chi connectivity index (χ2n) is 6.52. The predicted molar refractivity (Wildman–Crippen MR) is 82.0 cm³/mol. The highest BCUT2D eigenvalue weighted by Gasteiger charge is 2.33. The largest absolute Gasteiger partial charge is 0.373 e. The third-order valence-electron chi connectivity index (χ3n) is 4.03. The first-order valence-corrected chi connectivity index (χ1v) is 8.63. The topological polar surface area (TPSA) is 29.6 Å². The first kappa shape index (κ1) is 14.8. The van der Waals surface area contributed by atoms with Crippen LogP contribution in [-0.2, 0) is 15.7 Å². The van der Waals surface area contributed by atoms with Gasteiger partial charge in [-0.05, 0) is 43.9 Å². The quantitative estimate of drug-likeness (QED) is 0.605. The van der Waals surface area contributed by atoms with Gasteiger partial charge in [-0.2, -0.15) is 0 Å². The summed E-state index contributed by atoms with van der Waals surface area (Å²) >= 11 is 0. The minimum absolute atomic E-state index is 0.124. The molecule has 0 saturated carbocycles. The molecule has 0 amide bonds. The highest BCUT2D eigenvalue weighted by molar-refractivity contribution is 7.46. The summed E-state index contributed by atoms with van der Waals surface area (Å²) in [4.78, 5) is 0. The molecule has 2 rings (SSSR count). The molecular weight excluding hydrogens is 255 g/mol. The van der Waals surface area contributed by atoms with Gasteiger partial charge in [-0.25, -0.2) is 0 Å². The summed E-state index contributed by atoms with van der Waals surface area (Å²) < 4.78 is 17.7. The van der Waals surface area contributed by atoms with Crippen molar-refractivity contribution in [1.82, 2.24) is 0 Å². The zero-order valence-corrected chi connectivity index (χ0v) is 13.7. The molecule has 1 saturated heterocycles. The van der Waals surface area contributed by atoms with Crippen LogP contribution in [0.3, 0.4) is 0 Å². The molecule has 0 bridgehead atoms. The van der Waals surface area contributed by atoms with Crippen molar-refractivity contribution >= 4 is 7.80 Å². The molecule has 1 aromatic carbocycles. The Hall–Kier alpha value is -0.590. The molecule has 1 aromatic rings. The first-order chi connectivity index (χ1) is 8.79. The molecule has 2 atom stereocenters. The lowest BCUT2D eigenvalue weighted by Crippen LogP contribution is -2.21. The standard InChI is InChI=1S/C16H25O2P/c1-11-6-12(2)15(13(3)7-11)8-16(4,5)19(17)10-14-9-18-14/h6-7,14,19H,8-10H2,1-5H3. The number of aryl methyl sites for hydroxylation is 3. The average molecular weight is 280 g/mol. The Kier molecular flexibility index (Phi) is 4.23. The molecule has 0 spiro atoms. The van der Waals surface area contributed by atoms with E-state index in [9.17, 15) is 4.57 Å². The summed E-state index contributed by atoms with van der Waals surface area (Å²) in [5.74, 6) is 0. The van der Waals surface area contributed by atoms with Gasteiger partial charge in [0, 0.05) is 11.3 Å². The summed E-state index contributed by atoms with van der Waals surface area (Å²) in [6.07, 6.45) is 1.92. The fourth-order valence-corrected chi connectivity index (χ4v) is 4.27. The van der Waals surface area contributed by atoms with Gasteiger partial charge in [0.05, 0.1) is 20.5 Å². The molecule has 106 valence electrons. The van der Waals surface area contributed by atoms with Crippen molar-refractivity contribution in [2.75, 3.05) is 12.8 Å². The Morgan fingerprint density at radius 2 is 1.79 bits per heavy atom. The summed E-state index contributed by atoms with van der Waals surface area (Å²) in [6, 6.07) is 4.44. The molecule has 3 heteroatoms. The molecular formula is C16H25O2P. The predicted octanol–water partition coefficient (Wildman–Crippen LogP) is 3.89. The average Bonchev–Trinajstić information content (AvgIpc) is 3.07. The molecule has 0 radical (unpaired) electrons. The van der Waals surface area contributed by atoms with E-state index in [4.69, 9.17) is 4.74 Å². The van der Waals surface area contributed by atoms with Crippen LogP contribution in [0.1, 0.15) is 36.1 Å². The number of hydrogen-bond acceptors (Lipinski definition) is 2. The van der Waals surface area contributed by atoms with Gasteiger partial charge in [0.1, 0.15) is 0 Å². The maximum absolute atomic E-state index is 12.5. The van der Waals surface area contributed by atoms with Crippen LogP contribution in [0.2, 0.25) is 0 Å². The van der Waals surface area contributed by atoms with E-state index in [1.54, 1.807) is 0 Å². The maximum Gasteiger partial charge on any atom is 0.0875 e. The minimum Gasteiger partial charge on any atom is -0.373 e. The summed E-state index contributed by atoms with van der Waals surface area (Å²) in [5.41, 5.74) is 5.31. The van der Waals surface area contributed by atoms with Crippen LogP contribution in [0.4, 0.5) is 0 Å². The van der Waals surface area contributed by atoms with Crippen molar-refractivity contribution in [3.8, 4) is 0 Å². The van der Waals surface area contributed by atoms with E-state index in [1.165, 1.54) is 22.3 Å². The van der Waals surface area contributed by atoms with Crippen LogP contribution in [-0.4, -0.2) is 24.0 Å². The molecule has 0 N–H and O–H groups in total. The second-order valence-corrected chi connectivity index (χ2v) is 9.13. The molecule has 2 unspecified atom stereocenters. The van der Waals surface area contributed by atoms with Gasteiger partial charge in [-0.1, -0.05) is 31.5 Å². The molecule has 1 heterocycles. The van der Waals surface area contributed by atoms with Crippen LogP contribution in [0.5, 0.6) is 0 Å². The van der Waals surface area contributed by atoms with Gasteiger partial charge in [0.15, 0.2) is 0 Å². The fraction of sp³-hybridized carbons (Fsp3) is 0.625. The van der Waals surface area contributed by atoms with Crippen LogP contribution >= 0.6 is 7.80 Å². The lowest BCUT2D eigenvalue weighted by atomic mass is 9.92. The van der Waals surface area contributed by atoms with E-state index in [0.29, 0.717) is 0 Å². The van der Waals surface area contributed by atoms with Gasteiger partial charge in [0.2, 0.25) is 0 Å². The van der Waals surface area contributed by atoms with Crippen LogP contribution < -0.4 is 0 Å². The highest BCUT2D eigenvalue weighted by Crippen LogP contribution is 2.44. The third-order valence-corrected chi connectivity index (χ3v) is 6.54. The molecule has 0 aromatic heterocycles. The van der Waals surface area contributed by atoms with Crippen molar-refractivity contribution in [3.63, 3.8) is 0 Å². The van der Waals surface area contributed by atoms with E-state index < -0.39 is 7.80 Å². The number of benzene rings is 1. The van der Waals surface area contributed by atoms with Gasteiger partial charge in [-0.15, -0.1) is 0 Å². The van der Waals surface area contributed by atoms with E-state index in [1.807, 2.05) is 0 Å². The number of rotatable bonds is 5. The zero-order valence-electron chi connectivity index (χ0n) is 12.7. The number of hydrogen-bond donors (Lipinski definition) is 0. The lowest BCUT2D eigenvalue weighted by Gasteiger charge is -2.26. The summed E-state index contributed by atoms with van der Waals surface area (Å²) in [5, 5.41) is -0.124. The minimum atomic E-state index is -1.62. The molecule has 19 heavy (non-hydrogen) atoms. The van der Waals surface area contributed by atoms with Crippen molar-refractivity contribution < 1.29 is 9.30 Å². The van der Waals surface area contributed by atoms with Gasteiger partial charge >= 0.3 is 0 Å². The van der Waals surface area contributed by atoms with E-state index in [0.717, 1.165) is 19.2 Å². The van der Waals surface area contributed by atoms with Crippen LogP contribution in [0.15, 0.2) is 12.1 Å². The van der Waals surface area contributed by atoms with Gasteiger partial charge < -0.3 is 9.30 Å². The van der Waals surface area contributed by atoms with E-state index >= 15 is 0 Å². The van der Waals surface area contributed by atoms with Gasteiger partial charge in [-0.3, -0.25) is 0 Å². The Labute approximate surface area is 117 Å². The maximum atomic E-state index is 12.5. The van der Waals surface area contributed by atoms with E-state index in [2.05, 4.69) is 46.8 Å². The van der Waals surface area contributed by atoms with Gasteiger partial charge in [0.25, 0.3) is 0 Å². The van der Waals surface area contributed by atoms with Crippen LogP contribution in [0.25, 0.3) is 0 Å². The summed E-state index contributed by atoms with van der Waals surface area (Å²) in [6.45, 7) is 11.5. The third kappa shape index (κ3) is 3.70. The fourth-order valence-electron chi connectivity index (χ4n) is 2.70. The SMILES string of the molecule is Cc1cc(C)c(CC(C)(C)[PH](=O)CC2CO2)c(C)c1. The molecule has 0 aliphatic carbocycles. The molecule has 1 aliphatic rings. The Morgan fingerprint density at radius 1 is 1.26 bits per heavy atom. The van der Waals surface area contributed by atoms with Crippen LogP contribution in [0, 0.1) is 20.8 Å². The van der Waals surface area contributed by atoms with Crippen molar-refractivity contribution in [3.05, 3.63) is 34.4 Å². The summed E-state index contributed by atoms with van der Waals surface area (Å²) in [7, 11) is -1.62. The highest BCUT2D eigenvalue weighted by atomic mass is 31.1. The number of epoxide rings is 1. The number of ether oxygens (including phenoxy) is 1. The Balaban J connectivity index is 2.16. The Morgan fingerprint density at radius 3 is 2.26 bits per heavy atom. The zero-order chi connectivity index (χ0) is 14.2. The first-order valence-electron chi connectivity index (χ1n) is 7.01. The Bertz CT molecular complexity index is 478. The molecule has 1 fully saturated rings.